The minimum absolute atomic E-state index is 0.191. The van der Waals surface area contributed by atoms with Gasteiger partial charge in [0, 0.05) is 5.56 Å². The van der Waals surface area contributed by atoms with Crippen LogP contribution in [0.5, 0.6) is 11.5 Å². The lowest BCUT2D eigenvalue weighted by molar-refractivity contribution is 0.381. The highest BCUT2D eigenvalue weighted by Crippen LogP contribution is 2.29. The third-order valence-corrected chi connectivity index (χ3v) is 3.14. The number of hydrogen-bond donors (Lipinski definition) is 2. The molecule has 20 heavy (non-hydrogen) atoms. The fourth-order valence-electron chi connectivity index (χ4n) is 2.07. The molecule has 0 aromatic heterocycles. The fourth-order valence-corrected chi connectivity index (χ4v) is 2.07. The van der Waals surface area contributed by atoms with Crippen LogP contribution in [0.4, 0.5) is 4.39 Å². The van der Waals surface area contributed by atoms with Crippen LogP contribution in [0.1, 0.15) is 17.2 Å². The molecule has 5 heteroatoms. The number of methoxy groups -OCH3 is 2. The molecule has 106 valence electrons. The Kier molecular flexibility index (Phi) is 4.55. The molecule has 0 fully saturated rings. The van der Waals surface area contributed by atoms with Crippen molar-refractivity contribution in [3.63, 3.8) is 0 Å². The van der Waals surface area contributed by atoms with Gasteiger partial charge in [-0.25, -0.2) is 9.82 Å². The van der Waals surface area contributed by atoms with Gasteiger partial charge in [-0.1, -0.05) is 24.3 Å². The van der Waals surface area contributed by atoms with Crippen molar-refractivity contribution in [1.82, 2.24) is 5.43 Å². The third-order valence-electron chi connectivity index (χ3n) is 3.14. The van der Waals surface area contributed by atoms with E-state index < -0.39 is 11.9 Å². The van der Waals surface area contributed by atoms with Gasteiger partial charge in [-0.3, -0.25) is 5.84 Å². The number of hydrazine groups is 1. The topological polar surface area (TPSA) is 56.5 Å². The number of benzene rings is 2. The Morgan fingerprint density at radius 2 is 1.75 bits per heavy atom. The maximum atomic E-state index is 14.3. The highest BCUT2D eigenvalue weighted by molar-refractivity contribution is 5.39. The van der Waals surface area contributed by atoms with Crippen molar-refractivity contribution in [2.45, 2.75) is 6.04 Å². The monoisotopic (exact) mass is 276 g/mol. The summed E-state index contributed by atoms with van der Waals surface area (Å²) < 4.78 is 24.4. The molecule has 1 unspecified atom stereocenters. The van der Waals surface area contributed by atoms with Crippen molar-refractivity contribution in [3.05, 3.63) is 59.4 Å². The summed E-state index contributed by atoms with van der Waals surface area (Å²) in [5.74, 6) is 6.08. The molecular formula is C15H17FN2O2. The SMILES string of the molecule is COc1ccc(C(NN)c2cccc(OC)c2F)cc1. The number of halogens is 1. The smallest absolute Gasteiger partial charge is 0.170 e. The predicted molar refractivity (Wildman–Crippen MR) is 75.1 cm³/mol. The van der Waals surface area contributed by atoms with Crippen molar-refractivity contribution < 1.29 is 13.9 Å². The van der Waals surface area contributed by atoms with E-state index in [9.17, 15) is 4.39 Å². The lowest BCUT2D eigenvalue weighted by atomic mass is 9.98. The van der Waals surface area contributed by atoms with E-state index in [1.807, 2.05) is 12.1 Å². The van der Waals surface area contributed by atoms with Gasteiger partial charge in [-0.2, -0.15) is 0 Å². The van der Waals surface area contributed by atoms with Crippen molar-refractivity contribution in [1.29, 1.82) is 0 Å². The molecule has 0 aliphatic heterocycles. The molecule has 4 nitrogen and oxygen atoms in total. The molecule has 0 saturated heterocycles. The van der Waals surface area contributed by atoms with E-state index in [2.05, 4.69) is 5.43 Å². The van der Waals surface area contributed by atoms with Crippen LogP contribution >= 0.6 is 0 Å². The maximum Gasteiger partial charge on any atom is 0.170 e. The Labute approximate surface area is 117 Å². The van der Waals surface area contributed by atoms with Gasteiger partial charge < -0.3 is 9.47 Å². The number of nitrogens with two attached hydrogens (primary N) is 1. The van der Waals surface area contributed by atoms with Crippen LogP contribution < -0.4 is 20.7 Å². The molecule has 2 rings (SSSR count). The first-order valence-corrected chi connectivity index (χ1v) is 6.13. The molecule has 0 saturated carbocycles. The van der Waals surface area contributed by atoms with E-state index in [0.29, 0.717) is 5.56 Å². The van der Waals surface area contributed by atoms with Gasteiger partial charge in [0.05, 0.1) is 20.3 Å². The zero-order valence-electron chi connectivity index (χ0n) is 11.4. The van der Waals surface area contributed by atoms with Crippen LogP contribution in [0.3, 0.4) is 0 Å². The largest absolute Gasteiger partial charge is 0.497 e. The Balaban J connectivity index is 2.41. The summed E-state index contributed by atoms with van der Waals surface area (Å²) in [5.41, 5.74) is 3.89. The first-order valence-electron chi connectivity index (χ1n) is 6.13. The highest BCUT2D eigenvalue weighted by Gasteiger charge is 2.19. The molecule has 0 aliphatic rings. The summed E-state index contributed by atoms with van der Waals surface area (Å²) in [4.78, 5) is 0. The molecule has 3 N–H and O–H groups in total. The first kappa shape index (κ1) is 14.3. The van der Waals surface area contributed by atoms with Crippen LogP contribution in [-0.2, 0) is 0 Å². The first-order chi connectivity index (χ1) is 9.71. The van der Waals surface area contributed by atoms with Crippen LogP contribution in [0, 0.1) is 5.82 Å². The van der Waals surface area contributed by atoms with E-state index in [4.69, 9.17) is 15.3 Å². The number of nitrogens with one attached hydrogen (secondary N) is 1. The lowest BCUT2D eigenvalue weighted by Gasteiger charge is -2.19. The van der Waals surface area contributed by atoms with Gasteiger partial charge in [0.2, 0.25) is 0 Å². The minimum atomic E-state index is -0.462. The molecule has 0 spiro atoms. The molecule has 2 aromatic carbocycles. The highest BCUT2D eigenvalue weighted by atomic mass is 19.1. The predicted octanol–water partition coefficient (Wildman–Crippen LogP) is 2.40. The van der Waals surface area contributed by atoms with Crippen molar-refractivity contribution >= 4 is 0 Å². The van der Waals surface area contributed by atoms with Gasteiger partial charge in [0.25, 0.3) is 0 Å². The quantitative estimate of drug-likeness (QED) is 0.650. The van der Waals surface area contributed by atoms with Gasteiger partial charge in [-0.15, -0.1) is 0 Å². The van der Waals surface area contributed by atoms with Crippen molar-refractivity contribution in [2.75, 3.05) is 14.2 Å². The lowest BCUT2D eigenvalue weighted by Crippen LogP contribution is -2.29. The van der Waals surface area contributed by atoms with E-state index >= 15 is 0 Å². The summed E-state index contributed by atoms with van der Waals surface area (Å²) in [6, 6.07) is 11.8. The summed E-state index contributed by atoms with van der Waals surface area (Å²) in [6.07, 6.45) is 0. The maximum absolute atomic E-state index is 14.3. The van der Waals surface area contributed by atoms with E-state index in [1.165, 1.54) is 7.11 Å². The molecule has 0 radical (unpaired) electrons. The molecule has 2 aromatic rings. The van der Waals surface area contributed by atoms with Crippen LogP contribution in [0.2, 0.25) is 0 Å². The molecular weight excluding hydrogens is 259 g/mol. The molecule has 0 heterocycles. The van der Waals surface area contributed by atoms with Gasteiger partial charge in [0.15, 0.2) is 11.6 Å². The normalized spacial score (nSPS) is 12.0. The Hall–Kier alpha value is -2.11. The number of ether oxygens (including phenoxy) is 2. The average molecular weight is 276 g/mol. The Bertz CT molecular complexity index is 573. The van der Waals surface area contributed by atoms with Crippen LogP contribution in [-0.4, -0.2) is 14.2 Å². The minimum Gasteiger partial charge on any atom is -0.497 e. The molecule has 1 atom stereocenters. The van der Waals surface area contributed by atoms with Crippen LogP contribution in [0.25, 0.3) is 0 Å². The Morgan fingerprint density at radius 1 is 1.05 bits per heavy atom. The standard InChI is InChI=1S/C15H17FN2O2/c1-19-11-8-6-10(7-9-11)15(18-17)12-4-3-5-13(20-2)14(12)16/h3-9,15,18H,17H2,1-2H3. The molecule has 0 aliphatic carbocycles. The second kappa shape index (κ2) is 6.36. The average Bonchev–Trinajstić information content (AvgIpc) is 2.50. The summed E-state index contributed by atoms with van der Waals surface area (Å²) in [5, 5.41) is 0. The van der Waals surface area contributed by atoms with Crippen molar-refractivity contribution in [3.8, 4) is 11.5 Å². The van der Waals surface area contributed by atoms with Gasteiger partial charge in [-0.05, 0) is 23.8 Å². The van der Waals surface area contributed by atoms with Crippen molar-refractivity contribution in [2.24, 2.45) is 5.84 Å². The summed E-state index contributed by atoms with van der Waals surface area (Å²) in [6.45, 7) is 0. The molecule has 0 amide bonds. The van der Waals surface area contributed by atoms with Crippen LogP contribution in [0.15, 0.2) is 42.5 Å². The molecule has 0 bridgehead atoms. The van der Waals surface area contributed by atoms with Gasteiger partial charge in [0.1, 0.15) is 5.75 Å². The second-order valence-electron chi connectivity index (χ2n) is 4.24. The van der Waals surface area contributed by atoms with Gasteiger partial charge >= 0.3 is 0 Å². The van der Waals surface area contributed by atoms with E-state index in [0.717, 1.165) is 11.3 Å². The number of rotatable bonds is 5. The summed E-state index contributed by atoms with van der Waals surface area (Å²) in [7, 11) is 3.02. The zero-order chi connectivity index (χ0) is 14.5. The second-order valence-corrected chi connectivity index (χ2v) is 4.24. The number of hydrogen-bond acceptors (Lipinski definition) is 4. The zero-order valence-corrected chi connectivity index (χ0v) is 11.4. The van der Waals surface area contributed by atoms with E-state index in [1.54, 1.807) is 37.4 Å². The Morgan fingerprint density at radius 3 is 2.30 bits per heavy atom. The fraction of sp³-hybridized carbons (Fsp3) is 0.200. The summed E-state index contributed by atoms with van der Waals surface area (Å²) >= 11 is 0. The third kappa shape index (κ3) is 2.74. The van der Waals surface area contributed by atoms with E-state index in [-0.39, 0.29) is 5.75 Å².